The zero-order valence-electron chi connectivity index (χ0n) is 10.4. The number of nitrogens with two attached hydrogens (primary N) is 1. The third kappa shape index (κ3) is 3.32. The van der Waals surface area contributed by atoms with Crippen LogP contribution in [0.15, 0.2) is 23.1 Å². The second kappa shape index (κ2) is 5.71. The lowest BCUT2D eigenvalue weighted by atomic mass is 10.2. The van der Waals surface area contributed by atoms with Gasteiger partial charge in [-0.1, -0.05) is 6.07 Å². The molecule has 1 aromatic heterocycles. The van der Waals surface area contributed by atoms with E-state index >= 15 is 0 Å². The lowest BCUT2D eigenvalue weighted by molar-refractivity contribution is -0.140. The molecule has 112 valence electrons. The highest BCUT2D eigenvalue weighted by Crippen LogP contribution is 2.21. The number of fused-ring (bicyclic) bond motifs is 1. The zero-order valence-corrected chi connectivity index (χ0v) is 12.0. The van der Waals surface area contributed by atoms with Crippen molar-refractivity contribution in [1.82, 2.24) is 13.5 Å². The van der Waals surface area contributed by atoms with Crippen LogP contribution in [0.4, 0.5) is 0 Å². The fourth-order valence-corrected chi connectivity index (χ4v) is 3.59. The van der Waals surface area contributed by atoms with Crippen molar-refractivity contribution in [3.8, 4) is 0 Å². The van der Waals surface area contributed by atoms with Gasteiger partial charge < -0.3 is 10.8 Å². The van der Waals surface area contributed by atoms with Crippen molar-refractivity contribution in [3.05, 3.63) is 18.2 Å². The maximum Gasteiger partial charge on any atom is 0.322 e. The Morgan fingerprint density at radius 3 is 2.71 bits per heavy atom. The van der Waals surface area contributed by atoms with Gasteiger partial charge in [0.15, 0.2) is 0 Å². The van der Waals surface area contributed by atoms with Crippen molar-refractivity contribution in [3.63, 3.8) is 0 Å². The average molecular weight is 330 g/mol. The largest absolute Gasteiger partial charge is 0.480 e. The molecule has 0 aliphatic carbocycles. The Balaban J connectivity index is 2.39. The summed E-state index contributed by atoms with van der Waals surface area (Å²) >= 11 is 0.836. The molecule has 0 spiro atoms. The molecule has 1 heterocycles. The van der Waals surface area contributed by atoms with Gasteiger partial charge in [0.05, 0.1) is 18.1 Å². The summed E-state index contributed by atoms with van der Waals surface area (Å²) in [6.07, 6.45) is -0.653. The van der Waals surface area contributed by atoms with Gasteiger partial charge in [0.25, 0.3) is 0 Å². The number of sulfonamides is 1. The fraction of sp³-hybridized carbons (Fsp3) is 0.200. The molecule has 0 aliphatic rings. The van der Waals surface area contributed by atoms with Gasteiger partial charge in [0, 0.05) is 0 Å². The first-order valence-electron chi connectivity index (χ1n) is 5.56. The second-order valence-electron chi connectivity index (χ2n) is 4.07. The Morgan fingerprint density at radius 1 is 1.38 bits per heavy atom. The van der Waals surface area contributed by atoms with Gasteiger partial charge >= 0.3 is 5.97 Å². The molecule has 2 aromatic rings. The lowest BCUT2D eigenvalue weighted by Gasteiger charge is -2.13. The number of nitrogens with one attached hydrogen (secondary N) is 1. The lowest BCUT2D eigenvalue weighted by Crippen LogP contribution is -2.43. The Labute approximate surface area is 123 Å². The normalized spacial score (nSPS) is 13.1. The van der Waals surface area contributed by atoms with Crippen LogP contribution in [0.3, 0.4) is 0 Å². The maximum atomic E-state index is 12.3. The number of rotatable bonds is 6. The van der Waals surface area contributed by atoms with Gasteiger partial charge in [-0.3, -0.25) is 9.59 Å². The first-order chi connectivity index (χ1) is 9.81. The van der Waals surface area contributed by atoms with Gasteiger partial charge in [-0.2, -0.15) is 13.5 Å². The smallest absolute Gasteiger partial charge is 0.322 e. The zero-order chi connectivity index (χ0) is 15.6. The van der Waals surface area contributed by atoms with E-state index in [0.29, 0.717) is 5.52 Å². The summed E-state index contributed by atoms with van der Waals surface area (Å²) in [7, 11) is -4.18. The minimum absolute atomic E-state index is 0.137. The van der Waals surface area contributed by atoms with Crippen LogP contribution in [0.5, 0.6) is 0 Å². The van der Waals surface area contributed by atoms with Crippen molar-refractivity contribution in [2.75, 3.05) is 0 Å². The van der Waals surface area contributed by atoms with E-state index in [1.807, 2.05) is 4.72 Å². The molecule has 0 saturated heterocycles. The molecular weight excluding hydrogens is 320 g/mol. The third-order valence-corrected chi connectivity index (χ3v) is 4.59. The first-order valence-corrected chi connectivity index (χ1v) is 7.77. The molecule has 1 amide bonds. The van der Waals surface area contributed by atoms with Crippen LogP contribution in [0.2, 0.25) is 0 Å². The summed E-state index contributed by atoms with van der Waals surface area (Å²) in [6, 6.07) is 2.67. The van der Waals surface area contributed by atoms with E-state index in [4.69, 9.17) is 10.8 Å². The molecule has 1 atom stereocenters. The van der Waals surface area contributed by atoms with Gasteiger partial charge in [0.1, 0.15) is 22.0 Å². The molecule has 0 bridgehead atoms. The molecule has 4 N–H and O–H groups in total. The highest BCUT2D eigenvalue weighted by atomic mass is 32.2. The summed E-state index contributed by atoms with van der Waals surface area (Å²) in [5.74, 6) is -2.43. The monoisotopic (exact) mass is 330 g/mol. The number of aliphatic carboxylic acids is 1. The fourth-order valence-electron chi connectivity index (χ4n) is 1.63. The number of benzene rings is 1. The number of primary amides is 1. The maximum absolute atomic E-state index is 12.3. The van der Waals surface area contributed by atoms with Gasteiger partial charge in [-0.25, -0.2) is 8.42 Å². The molecule has 1 unspecified atom stereocenters. The molecule has 21 heavy (non-hydrogen) atoms. The highest BCUT2D eigenvalue weighted by Gasteiger charge is 2.28. The predicted molar refractivity (Wildman–Crippen MR) is 73.0 cm³/mol. The van der Waals surface area contributed by atoms with E-state index in [1.54, 1.807) is 6.07 Å². The summed E-state index contributed by atoms with van der Waals surface area (Å²) in [6.45, 7) is 0. The van der Waals surface area contributed by atoms with Crippen LogP contribution >= 0.6 is 11.7 Å². The van der Waals surface area contributed by atoms with E-state index in [0.717, 1.165) is 11.7 Å². The van der Waals surface area contributed by atoms with Crippen LogP contribution in [-0.4, -0.2) is 40.2 Å². The van der Waals surface area contributed by atoms with Gasteiger partial charge in [-0.15, -0.1) is 0 Å². The topological polar surface area (TPSA) is 152 Å². The van der Waals surface area contributed by atoms with E-state index in [9.17, 15) is 18.0 Å². The van der Waals surface area contributed by atoms with Crippen LogP contribution in [0, 0.1) is 0 Å². The van der Waals surface area contributed by atoms with E-state index in [1.165, 1.54) is 12.1 Å². The number of nitrogens with zero attached hydrogens (tertiary/aromatic N) is 2. The number of hydrogen-bond acceptors (Lipinski definition) is 7. The molecule has 2 rings (SSSR count). The molecule has 0 fully saturated rings. The average Bonchev–Trinajstić information content (AvgIpc) is 2.84. The van der Waals surface area contributed by atoms with Crippen molar-refractivity contribution in [1.29, 1.82) is 0 Å². The minimum atomic E-state index is -4.18. The summed E-state index contributed by atoms with van der Waals surface area (Å²) in [4.78, 5) is 21.6. The summed E-state index contributed by atoms with van der Waals surface area (Å²) < 4.78 is 34.2. The van der Waals surface area contributed by atoms with Crippen LogP contribution in [-0.2, 0) is 19.6 Å². The van der Waals surface area contributed by atoms with Crippen LogP contribution in [0.25, 0.3) is 11.0 Å². The van der Waals surface area contributed by atoms with E-state index in [-0.39, 0.29) is 10.4 Å². The number of aromatic nitrogens is 2. The minimum Gasteiger partial charge on any atom is -0.480 e. The van der Waals surface area contributed by atoms with Gasteiger partial charge in [-0.05, 0) is 12.1 Å². The second-order valence-corrected chi connectivity index (χ2v) is 6.28. The van der Waals surface area contributed by atoms with Crippen LogP contribution < -0.4 is 10.5 Å². The Kier molecular flexibility index (Phi) is 4.16. The van der Waals surface area contributed by atoms with Crippen molar-refractivity contribution >= 4 is 44.7 Å². The number of carbonyl (C=O) groups excluding carboxylic acids is 1. The molecule has 0 radical (unpaired) electrons. The number of hydrogen-bond donors (Lipinski definition) is 3. The number of carboxylic acid groups (broad SMARTS) is 1. The van der Waals surface area contributed by atoms with Gasteiger partial charge in [0.2, 0.25) is 15.9 Å². The van der Waals surface area contributed by atoms with Crippen molar-refractivity contribution in [2.45, 2.75) is 17.4 Å². The molecule has 0 aliphatic heterocycles. The standard InChI is InChI=1S/C10H10N4O5S2/c11-8(15)4-6(10(16)17)14-21(18,19)7-3-1-2-5-9(7)13-20-12-5/h1-3,6,14H,4H2,(H2,11,15)(H,16,17). The third-order valence-electron chi connectivity index (χ3n) is 2.54. The van der Waals surface area contributed by atoms with E-state index in [2.05, 4.69) is 8.75 Å². The molecule has 9 nitrogen and oxygen atoms in total. The Bertz CT molecular complexity index is 801. The Hall–Kier alpha value is -2.11. The predicted octanol–water partition coefficient (Wildman–Crippen LogP) is -0.702. The quantitative estimate of drug-likeness (QED) is 0.633. The molecular formula is C10H10N4O5S2. The van der Waals surface area contributed by atoms with Crippen molar-refractivity contribution in [2.24, 2.45) is 5.73 Å². The molecule has 11 heteroatoms. The Morgan fingerprint density at radius 2 is 2.10 bits per heavy atom. The SMILES string of the molecule is NC(=O)CC(NS(=O)(=O)c1cccc2nsnc12)C(=O)O. The van der Waals surface area contributed by atoms with E-state index < -0.39 is 34.4 Å². The summed E-state index contributed by atoms with van der Waals surface area (Å²) in [5.41, 5.74) is 5.42. The number of carboxylic acids is 1. The molecule has 1 aromatic carbocycles. The number of amides is 1. The van der Waals surface area contributed by atoms with Crippen LogP contribution in [0.1, 0.15) is 6.42 Å². The first kappa shape index (κ1) is 15.3. The molecule has 0 saturated carbocycles. The van der Waals surface area contributed by atoms with Crippen molar-refractivity contribution < 1.29 is 23.1 Å². The number of carbonyl (C=O) groups is 2. The highest BCUT2D eigenvalue weighted by molar-refractivity contribution is 7.89. The summed E-state index contributed by atoms with van der Waals surface area (Å²) in [5, 5.41) is 8.95.